The second-order valence-corrected chi connectivity index (χ2v) is 7.25. The lowest BCUT2D eigenvalue weighted by molar-refractivity contribution is 0.597. The van der Waals surface area contributed by atoms with E-state index in [4.69, 9.17) is 17.3 Å². The molecular weight excluding hydrogens is 383 g/mol. The minimum atomic E-state index is -4.02. The summed E-state index contributed by atoms with van der Waals surface area (Å²) in [6.07, 6.45) is 0. The molecule has 0 heterocycles. The monoisotopic (exact) mass is 392 g/mol. The van der Waals surface area contributed by atoms with Crippen molar-refractivity contribution in [2.45, 2.75) is 11.8 Å². The molecule has 2 aromatic carbocycles. The summed E-state index contributed by atoms with van der Waals surface area (Å²) in [5, 5.41) is 0.406. The Morgan fingerprint density at radius 1 is 1.33 bits per heavy atom. The van der Waals surface area contributed by atoms with Crippen molar-refractivity contribution in [1.29, 1.82) is 0 Å². The molecular formula is C13H11BrClFN2O2S. The van der Waals surface area contributed by atoms with E-state index in [-0.39, 0.29) is 10.6 Å². The van der Waals surface area contributed by atoms with E-state index >= 15 is 0 Å². The molecule has 0 aromatic heterocycles. The Bertz CT molecular complexity index is 812. The average molecular weight is 394 g/mol. The van der Waals surface area contributed by atoms with Gasteiger partial charge in [-0.05, 0) is 52.7 Å². The molecule has 0 amide bonds. The van der Waals surface area contributed by atoms with Gasteiger partial charge in [-0.2, -0.15) is 0 Å². The van der Waals surface area contributed by atoms with Crippen molar-refractivity contribution in [1.82, 2.24) is 0 Å². The highest BCUT2D eigenvalue weighted by Crippen LogP contribution is 2.32. The molecule has 0 aliphatic rings. The first kappa shape index (κ1) is 16.1. The summed E-state index contributed by atoms with van der Waals surface area (Å²) in [6.45, 7) is 1.79. The number of hydrogen-bond acceptors (Lipinski definition) is 3. The van der Waals surface area contributed by atoms with Gasteiger partial charge in [-0.25, -0.2) is 12.8 Å². The molecule has 0 saturated carbocycles. The van der Waals surface area contributed by atoms with E-state index in [0.717, 1.165) is 11.6 Å². The van der Waals surface area contributed by atoms with Crippen molar-refractivity contribution in [3.05, 3.63) is 51.2 Å². The van der Waals surface area contributed by atoms with Crippen LogP contribution in [0.2, 0.25) is 5.02 Å². The molecule has 0 bridgehead atoms. The molecule has 3 N–H and O–H groups in total. The number of halogens is 3. The van der Waals surface area contributed by atoms with E-state index in [1.807, 2.05) is 0 Å². The number of nitrogens with two attached hydrogens (primary N) is 1. The topological polar surface area (TPSA) is 72.2 Å². The first-order chi connectivity index (χ1) is 9.72. The first-order valence-corrected chi connectivity index (χ1v) is 8.40. The van der Waals surface area contributed by atoms with Crippen molar-refractivity contribution in [2.75, 3.05) is 10.5 Å². The Labute approximate surface area is 135 Å². The second-order valence-electron chi connectivity index (χ2n) is 4.34. The Hall–Kier alpha value is -1.31. The number of rotatable bonds is 3. The standard InChI is InChI=1S/C13H11BrClFN2O2S/c1-7-5-8(14)11(6-9(7)15)18-21(19,20)12-4-2-3-10(16)13(12)17/h2-6,18H,17H2,1H3. The predicted octanol–water partition coefficient (Wildman–Crippen LogP) is 3.93. The number of nitrogens with one attached hydrogen (secondary N) is 1. The maximum absolute atomic E-state index is 13.4. The highest BCUT2D eigenvalue weighted by Gasteiger charge is 2.21. The SMILES string of the molecule is Cc1cc(Br)c(NS(=O)(=O)c2cccc(F)c2N)cc1Cl. The Balaban J connectivity index is 2.47. The summed E-state index contributed by atoms with van der Waals surface area (Å²) in [4.78, 5) is -0.328. The van der Waals surface area contributed by atoms with Gasteiger partial charge in [0.1, 0.15) is 10.7 Å². The zero-order valence-electron chi connectivity index (χ0n) is 10.8. The van der Waals surface area contributed by atoms with Gasteiger partial charge in [-0.3, -0.25) is 4.72 Å². The number of hydrogen-bond donors (Lipinski definition) is 2. The summed E-state index contributed by atoms with van der Waals surface area (Å²) >= 11 is 9.23. The predicted molar refractivity (Wildman–Crippen MR) is 85.5 cm³/mol. The molecule has 4 nitrogen and oxygen atoms in total. The van der Waals surface area contributed by atoms with Gasteiger partial charge in [-0.15, -0.1) is 0 Å². The summed E-state index contributed by atoms with van der Waals surface area (Å²) in [5.74, 6) is -0.793. The van der Waals surface area contributed by atoms with Crippen LogP contribution in [0.3, 0.4) is 0 Å². The first-order valence-electron chi connectivity index (χ1n) is 5.75. The van der Waals surface area contributed by atoms with E-state index in [2.05, 4.69) is 20.7 Å². The van der Waals surface area contributed by atoms with Crippen LogP contribution in [0.5, 0.6) is 0 Å². The second kappa shape index (κ2) is 5.82. The molecule has 2 rings (SSSR count). The maximum atomic E-state index is 13.4. The third-order valence-corrected chi connectivity index (χ3v) is 5.28. The number of aryl methyl sites for hydroxylation is 1. The Morgan fingerprint density at radius 2 is 2.00 bits per heavy atom. The fourth-order valence-electron chi connectivity index (χ4n) is 1.68. The normalized spacial score (nSPS) is 11.4. The fourth-order valence-corrected chi connectivity index (χ4v) is 3.74. The molecule has 21 heavy (non-hydrogen) atoms. The van der Waals surface area contributed by atoms with Crippen LogP contribution in [0.4, 0.5) is 15.8 Å². The Morgan fingerprint density at radius 3 is 2.67 bits per heavy atom. The van der Waals surface area contributed by atoms with Gasteiger partial charge in [0.05, 0.1) is 11.4 Å². The summed E-state index contributed by atoms with van der Waals surface area (Å²) in [6, 6.07) is 6.73. The molecule has 0 radical (unpaired) electrons. The molecule has 0 saturated heterocycles. The smallest absolute Gasteiger partial charge is 0.264 e. The van der Waals surface area contributed by atoms with Crippen LogP contribution in [-0.2, 0) is 10.0 Å². The van der Waals surface area contributed by atoms with Crippen LogP contribution in [0.15, 0.2) is 39.7 Å². The number of para-hydroxylation sites is 1. The van der Waals surface area contributed by atoms with Crippen LogP contribution in [0, 0.1) is 12.7 Å². The van der Waals surface area contributed by atoms with Gasteiger partial charge >= 0.3 is 0 Å². The van der Waals surface area contributed by atoms with Crippen molar-refractivity contribution in [3.8, 4) is 0 Å². The molecule has 0 spiro atoms. The number of benzene rings is 2. The molecule has 0 aliphatic carbocycles. The number of sulfonamides is 1. The van der Waals surface area contributed by atoms with E-state index in [1.54, 1.807) is 13.0 Å². The number of anilines is 2. The van der Waals surface area contributed by atoms with Crippen molar-refractivity contribution < 1.29 is 12.8 Å². The van der Waals surface area contributed by atoms with Gasteiger partial charge < -0.3 is 5.73 Å². The van der Waals surface area contributed by atoms with Gasteiger partial charge in [-0.1, -0.05) is 17.7 Å². The van der Waals surface area contributed by atoms with Gasteiger partial charge in [0, 0.05) is 9.50 Å². The van der Waals surface area contributed by atoms with Crippen LogP contribution in [-0.4, -0.2) is 8.42 Å². The summed E-state index contributed by atoms with van der Waals surface area (Å²) < 4.78 is 40.8. The maximum Gasteiger partial charge on any atom is 0.264 e. The van der Waals surface area contributed by atoms with Gasteiger partial charge in [0.15, 0.2) is 0 Å². The highest BCUT2D eigenvalue weighted by atomic mass is 79.9. The molecule has 0 aliphatic heterocycles. The minimum absolute atomic E-state index is 0.245. The zero-order valence-corrected chi connectivity index (χ0v) is 14.0. The van der Waals surface area contributed by atoms with Gasteiger partial charge in [0.2, 0.25) is 0 Å². The zero-order chi connectivity index (χ0) is 15.8. The third-order valence-electron chi connectivity index (χ3n) is 2.80. The highest BCUT2D eigenvalue weighted by molar-refractivity contribution is 9.10. The lowest BCUT2D eigenvalue weighted by atomic mass is 10.2. The summed E-state index contributed by atoms with van der Waals surface area (Å²) in [7, 11) is -4.02. The van der Waals surface area contributed by atoms with Gasteiger partial charge in [0.25, 0.3) is 10.0 Å². The van der Waals surface area contributed by atoms with Crippen LogP contribution in [0.1, 0.15) is 5.56 Å². The van der Waals surface area contributed by atoms with E-state index < -0.39 is 21.5 Å². The quantitative estimate of drug-likeness (QED) is 0.776. The Kier molecular flexibility index (Phi) is 4.46. The lowest BCUT2D eigenvalue weighted by Gasteiger charge is -2.13. The third kappa shape index (κ3) is 3.30. The van der Waals surface area contributed by atoms with E-state index in [0.29, 0.717) is 9.50 Å². The van der Waals surface area contributed by atoms with Crippen molar-refractivity contribution in [3.63, 3.8) is 0 Å². The summed E-state index contributed by atoms with van der Waals surface area (Å²) in [5.41, 5.74) is 6.08. The molecule has 0 atom stereocenters. The molecule has 2 aromatic rings. The van der Waals surface area contributed by atoms with E-state index in [9.17, 15) is 12.8 Å². The lowest BCUT2D eigenvalue weighted by Crippen LogP contribution is -2.16. The fraction of sp³-hybridized carbons (Fsp3) is 0.0769. The van der Waals surface area contributed by atoms with Crippen LogP contribution >= 0.6 is 27.5 Å². The van der Waals surface area contributed by atoms with Crippen LogP contribution in [0.25, 0.3) is 0 Å². The molecule has 0 fully saturated rings. The van der Waals surface area contributed by atoms with E-state index in [1.165, 1.54) is 18.2 Å². The average Bonchev–Trinajstić information content (AvgIpc) is 2.38. The molecule has 8 heteroatoms. The van der Waals surface area contributed by atoms with Crippen molar-refractivity contribution >= 4 is 48.9 Å². The van der Waals surface area contributed by atoms with Crippen LogP contribution < -0.4 is 10.5 Å². The molecule has 112 valence electrons. The van der Waals surface area contributed by atoms with Crippen molar-refractivity contribution in [2.24, 2.45) is 0 Å². The number of nitrogen functional groups attached to an aromatic ring is 1. The molecule has 0 unspecified atom stereocenters. The minimum Gasteiger partial charge on any atom is -0.395 e. The largest absolute Gasteiger partial charge is 0.395 e.